The Labute approximate surface area is 184 Å². The Morgan fingerprint density at radius 3 is 2.32 bits per heavy atom. The number of hydrogen-bond acceptors (Lipinski definition) is 4. The summed E-state index contributed by atoms with van der Waals surface area (Å²) in [6.45, 7) is 2.87. The van der Waals surface area contributed by atoms with Gasteiger partial charge in [-0.15, -0.1) is 0 Å². The Morgan fingerprint density at radius 1 is 1.00 bits per heavy atom. The second-order valence-electron chi connectivity index (χ2n) is 8.77. The number of carbonyl (C=O) groups excluding carboxylic acids is 2. The van der Waals surface area contributed by atoms with Gasteiger partial charge in [-0.25, -0.2) is 0 Å². The quantitative estimate of drug-likeness (QED) is 0.609. The number of aliphatic hydroxyl groups excluding tert-OH is 1. The van der Waals surface area contributed by atoms with Crippen molar-refractivity contribution < 1.29 is 19.4 Å². The van der Waals surface area contributed by atoms with Gasteiger partial charge in [-0.3, -0.25) is 14.5 Å². The van der Waals surface area contributed by atoms with Crippen molar-refractivity contribution in [2.75, 3.05) is 13.2 Å². The van der Waals surface area contributed by atoms with Crippen LogP contribution in [0, 0.1) is 11.8 Å². The number of nitrogens with zero attached hydrogens (tertiary/aromatic N) is 1. The van der Waals surface area contributed by atoms with Crippen LogP contribution in [0.15, 0.2) is 48.5 Å². The van der Waals surface area contributed by atoms with E-state index in [1.165, 1.54) is 37.0 Å². The molecule has 1 heterocycles. The van der Waals surface area contributed by atoms with E-state index >= 15 is 0 Å². The van der Waals surface area contributed by atoms with Crippen LogP contribution < -0.4 is 4.74 Å². The molecule has 164 valence electrons. The minimum Gasteiger partial charge on any atom is -0.493 e. The zero-order valence-corrected chi connectivity index (χ0v) is 18.1. The third-order valence-electron chi connectivity index (χ3n) is 6.68. The summed E-state index contributed by atoms with van der Waals surface area (Å²) in [6.07, 6.45) is 6.19. The maximum atomic E-state index is 12.7. The first-order chi connectivity index (χ1) is 15.1. The molecule has 2 amide bonds. The lowest BCUT2D eigenvalue weighted by Gasteiger charge is -2.26. The Kier molecular flexibility index (Phi) is 6.71. The number of ether oxygens (including phenoxy) is 1. The standard InChI is InChI=1S/C26H31NO4/c1-2-19(16-27-25(29)22-13-6-7-14-23(22)26(27)30)24(28)20-11-8-12-21(15-20)31-17-18-9-4-3-5-10-18/h6-8,11-15,18-19,24,28H,2-5,9-10,16-17H2,1H3/t19?,24-/m1/s1. The highest BCUT2D eigenvalue weighted by Crippen LogP contribution is 2.31. The second kappa shape index (κ2) is 9.65. The first-order valence-electron chi connectivity index (χ1n) is 11.4. The second-order valence-corrected chi connectivity index (χ2v) is 8.77. The highest BCUT2D eigenvalue weighted by molar-refractivity contribution is 6.21. The summed E-state index contributed by atoms with van der Waals surface area (Å²) < 4.78 is 6.03. The SMILES string of the molecule is CCC(CN1C(=O)c2ccccc2C1=O)[C@@H](O)c1cccc(OCC2CCCCC2)c1. The normalized spacial score (nSPS) is 18.7. The van der Waals surface area contributed by atoms with E-state index in [9.17, 15) is 14.7 Å². The molecule has 0 spiro atoms. The molecule has 2 atom stereocenters. The molecule has 5 heteroatoms. The average Bonchev–Trinajstić information content (AvgIpc) is 3.06. The smallest absolute Gasteiger partial charge is 0.261 e. The van der Waals surface area contributed by atoms with Gasteiger partial charge in [0.2, 0.25) is 0 Å². The van der Waals surface area contributed by atoms with Gasteiger partial charge in [0.05, 0.1) is 23.8 Å². The molecular formula is C26H31NO4. The number of benzene rings is 2. The van der Waals surface area contributed by atoms with Crippen molar-refractivity contribution >= 4 is 11.8 Å². The van der Waals surface area contributed by atoms with E-state index in [4.69, 9.17) is 4.74 Å². The fourth-order valence-electron chi connectivity index (χ4n) is 4.72. The van der Waals surface area contributed by atoms with Crippen LogP contribution in [0.4, 0.5) is 0 Å². The predicted octanol–water partition coefficient (Wildman–Crippen LogP) is 5.00. The van der Waals surface area contributed by atoms with Gasteiger partial charge in [-0.2, -0.15) is 0 Å². The lowest BCUT2D eigenvalue weighted by Crippen LogP contribution is -2.36. The topological polar surface area (TPSA) is 66.8 Å². The van der Waals surface area contributed by atoms with E-state index in [1.54, 1.807) is 24.3 Å². The van der Waals surface area contributed by atoms with Gasteiger partial charge in [-0.1, -0.05) is 50.5 Å². The van der Waals surface area contributed by atoms with Crippen LogP contribution in [0.2, 0.25) is 0 Å². The van der Waals surface area contributed by atoms with Gasteiger partial charge in [0, 0.05) is 12.5 Å². The van der Waals surface area contributed by atoms with Crippen molar-refractivity contribution in [3.05, 3.63) is 65.2 Å². The minimum absolute atomic E-state index is 0.192. The van der Waals surface area contributed by atoms with E-state index in [-0.39, 0.29) is 24.3 Å². The highest BCUT2D eigenvalue weighted by Gasteiger charge is 2.37. The number of aliphatic hydroxyl groups is 1. The molecule has 5 nitrogen and oxygen atoms in total. The zero-order valence-electron chi connectivity index (χ0n) is 18.1. The summed E-state index contributed by atoms with van der Waals surface area (Å²) in [7, 11) is 0. The average molecular weight is 422 g/mol. The molecule has 0 aromatic heterocycles. The first-order valence-corrected chi connectivity index (χ1v) is 11.4. The molecule has 2 aliphatic rings. The Bertz CT molecular complexity index is 900. The molecule has 1 aliphatic carbocycles. The summed E-state index contributed by atoms with van der Waals surface area (Å²) in [5.74, 6) is 0.555. The molecule has 0 radical (unpaired) electrons. The van der Waals surface area contributed by atoms with Crippen LogP contribution in [0.1, 0.15) is 77.8 Å². The van der Waals surface area contributed by atoms with Crippen molar-refractivity contribution in [3.8, 4) is 5.75 Å². The fourth-order valence-corrected chi connectivity index (χ4v) is 4.72. The van der Waals surface area contributed by atoms with E-state index in [0.29, 0.717) is 30.1 Å². The zero-order chi connectivity index (χ0) is 21.8. The first kappa shape index (κ1) is 21.6. The van der Waals surface area contributed by atoms with Crippen molar-refractivity contribution in [2.24, 2.45) is 11.8 Å². The molecular weight excluding hydrogens is 390 g/mol. The number of fused-ring (bicyclic) bond motifs is 1. The molecule has 4 rings (SSSR count). The number of hydrogen-bond donors (Lipinski definition) is 1. The largest absolute Gasteiger partial charge is 0.493 e. The summed E-state index contributed by atoms with van der Waals surface area (Å²) in [5.41, 5.74) is 1.63. The third kappa shape index (κ3) is 4.67. The van der Waals surface area contributed by atoms with Crippen molar-refractivity contribution in [1.82, 2.24) is 4.90 Å². The molecule has 2 aromatic rings. The summed E-state index contributed by atoms with van der Waals surface area (Å²) in [6, 6.07) is 14.5. The van der Waals surface area contributed by atoms with Crippen LogP contribution in [-0.4, -0.2) is 35.0 Å². The van der Waals surface area contributed by atoms with Gasteiger partial charge >= 0.3 is 0 Å². The van der Waals surface area contributed by atoms with E-state index in [1.807, 2.05) is 31.2 Å². The fraction of sp³-hybridized carbons (Fsp3) is 0.462. The molecule has 1 aliphatic heterocycles. The molecule has 0 saturated heterocycles. The van der Waals surface area contributed by atoms with Crippen molar-refractivity contribution in [2.45, 2.75) is 51.6 Å². The van der Waals surface area contributed by atoms with Crippen molar-refractivity contribution in [1.29, 1.82) is 0 Å². The third-order valence-corrected chi connectivity index (χ3v) is 6.68. The molecule has 0 bridgehead atoms. The lowest BCUT2D eigenvalue weighted by molar-refractivity contribution is 0.0504. The van der Waals surface area contributed by atoms with E-state index in [2.05, 4.69) is 0 Å². The molecule has 1 unspecified atom stereocenters. The Balaban J connectivity index is 1.42. The van der Waals surface area contributed by atoms with Gasteiger partial charge in [-0.05, 0) is 55.0 Å². The summed E-state index contributed by atoms with van der Waals surface area (Å²) >= 11 is 0. The lowest BCUT2D eigenvalue weighted by atomic mass is 9.90. The van der Waals surface area contributed by atoms with Gasteiger partial charge in [0.25, 0.3) is 11.8 Å². The van der Waals surface area contributed by atoms with Gasteiger partial charge in [0.15, 0.2) is 0 Å². The van der Waals surface area contributed by atoms with Crippen LogP contribution in [0.25, 0.3) is 0 Å². The number of rotatable bonds is 8. The molecule has 1 N–H and O–H groups in total. The molecule has 2 aromatic carbocycles. The van der Waals surface area contributed by atoms with E-state index in [0.717, 1.165) is 11.3 Å². The number of imide groups is 1. The summed E-state index contributed by atoms with van der Waals surface area (Å²) in [4.78, 5) is 26.7. The van der Waals surface area contributed by atoms with Crippen LogP contribution >= 0.6 is 0 Å². The molecule has 31 heavy (non-hydrogen) atoms. The number of amides is 2. The van der Waals surface area contributed by atoms with Crippen LogP contribution in [-0.2, 0) is 0 Å². The maximum Gasteiger partial charge on any atom is 0.261 e. The van der Waals surface area contributed by atoms with E-state index < -0.39 is 6.10 Å². The molecule has 1 saturated carbocycles. The van der Waals surface area contributed by atoms with Gasteiger partial charge in [0.1, 0.15) is 5.75 Å². The number of carbonyl (C=O) groups is 2. The maximum absolute atomic E-state index is 12.7. The minimum atomic E-state index is -0.785. The van der Waals surface area contributed by atoms with Crippen molar-refractivity contribution in [3.63, 3.8) is 0 Å². The monoisotopic (exact) mass is 421 g/mol. The van der Waals surface area contributed by atoms with Crippen LogP contribution in [0.3, 0.4) is 0 Å². The Morgan fingerprint density at radius 2 is 1.68 bits per heavy atom. The highest BCUT2D eigenvalue weighted by atomic mass is 16.5. The predicted molar refractivity (Wildman–Crippen MR) is 119 cm³/mol. The van der Waals surface area contributed by atoms with Crippen LogP contribution in [0.5, 0.6) is 5.75 Å². The molecule has 1 fully saturated rings. The Hall–Kier alpha value is -2.66. The summed E-state index contributed by atoms with van der Waals surface area (Å²) in [5, 5.41) is 11.1. The van der Waals surface area contributed by atoms with Gasteiger partial charge < -0.3 is 9.84 Å².